The third-order valence-corrected chi connectivity index (χ3v) is 8.83. The minimum absolute atomic E-state index is 0.102. The van der Waals surface area contributed by atoms with E-state index in [0.717, 1.165) is 36.8 Å². The largest absolute Gasteiger partial charge is 0.380 e. The van der Waals surface area contributed by atoms with Crippen LogP contribution in [-0.4, -0.2) is 57.2 Å². The molecule has 1 aromatic carbocycles. The van der Waals surface area contributed by atoms with Crippen LogP contribution < -0.4 is 5.32 Å². The van der Waals surface area contributed by atoms with Crippen molar-refractivity contribution in [2.24, 2.45) is 5.41 Å². The van der Waals surface area contributed by atoms with Gasteiger partial charge in [-0.25, -0.2) is 0 Å². The van der Waals surface area contributed by atoms with Crippen molar-refractivity contribution in [3.8, 4) is 11.4 Å². The molecular formula is C30H39N5O3. The lowest BCUT2D eigenvalue weighted by Crippen LogP contribution is -2.63. The first-order valence-corrected chi connectivity index (χ1v) is 13.9. The Morgan fingerprint density at radius 1 is 1.16 bits per heavy atom. The van der Waals surface area contributed by atoms with Gasteiger partial charge < -0.3 is 19.8 Å². The summed E-state index contributed by atoms with van der Waals surface area (Å²) < 4.78 is 5.66. The van der Waals surface area contributed by atoms with Crippen molar-refractivity contribution in [1.29, 1.82) is 0 Å². The molecule has 4 heterocycles. The van der Waals surface area contributed by atoms with Crippen LogP contribution in [0.2, 0.25) is 0 Å². The van der Waals surface area contributed by atoms with Crippen LogP contribution in [-0.2, 0) is 10.4 Å². The van der Waals surface area contributed by atoms with E-state index in [4.69, 9.17) is 9.51 Å². The Morgan fingerprint density at radius 3 is 2.42 bits per heavy atom. The lowest BCUT2D eigenvalue weighted by Gasteiger charge is -2.52. The van der Waals surface area contributed by atoms with Crippen molar-refractivity contribution < 1.29 is 14.4 Å². The van der Waals surface area contributed by atoms with Crippen LogP contribution in [0.5, 0.6) is 0 Å². The van der Waals surface area contributed by atoms with Crippen molar-refractivity contribution in [1.82, 2.24) is 25.3 Å². The van der Waals surface area contributed by atoms with Gasteiger partial charge in [-0.1, -0.05) is 50.2 Å². The lowest BCUT2D eigenvalue weighted by molar-refractivity contribution is -0.129. The van der Waals surface area contributed by atoms with Gasteiger partial charge in [-0.2, -0.15) is 4.98 Å². The fourth-order valence-electron chi connectivity index (χ4n) is 6.10. The van der Waals surface area contributed by atoms with Gasteiger partial charge in [0.25, 0.3) is 0 Å². The third-order valence-electron chi connectivity index (χ3n) is 8.83. The number of carbonyl (C=O) groups excluding carboxylic acids is 1. The van der Waals surface area contributed by atoms with E-state index >= 15 is 0 Å². The molecule has 2 aliphatic heterocycles. The highest BCUT2D eigenvalue weighted by molar-refractivity contribution is 5.73. The molecule has 5 rings (SSSR count). The Balaban J connectivity index is 1.45. The maximum absolute atomic E-state index is 12.5. The fourth-order valence-corrected chi connectivity index (χ4v) is 6.10. The average Bonchev–Trinajstić information content (AvgIpc) is 3.43. The Kier molecular flexibility index (Phi) is 7.38. The molecule has 1 unspecified atom stereocenters. The van der Waals surface area contributed by atoms with Gasteiger partial charge in [-0.05, 0) is 48.8 Å². The summed E-state index contributed by atoms with van der Waals surface area (Å²) in [4.78, 5) is 22.7. The summed E-state index contributed by atoms with van der Waals surface area (Å²) in [5.41, 5.74) is 1.97. The monoisotopic (exact) mass is 517 g/mol. The van der Waals surface area contributed by atoms with E-state index in [1.807, 2.05) is 11.0 Å². The van der Waals surface area contributed by atoms with Gasteiger partial charge in [0.2, 0.25) is 17.6 Å². The number of piperidine rings is 1. The van der Waals surface area contributed by atoms with Crippen molar-refractivity contribution in [3.63, 3.8) is 0 Å². The van der Waals surface area contributed by atoms with E-state index < -0.39 is 11.0 Å². The van der Waals surface area contributed by atoms with E-state index in [1.54, 1.807) is 19.3 Å². The quantitative estimate of drug-likeness (QED) is 0.450. The summed E-state index contributed by atoms with van der Waals surface area (Å²) in [5.74, 6) is 1.81. The summed E-state index contributed by atoms with van der Waals surface area (Å²) in [6.07, 6.45) is 7.26. The predicted molar refractivity (Wildman–Crippen MR) is 145 cm³/mol. The van der Waals surface area contributed by atoms with Gasteiger partial charge in [0, 0.05) is 68.0 Å². The van der Waals surface area contributed by atoms with Crippen LogP contribution in [0.4, 0.5) is 0 Å². The molecule has 38 heavy (non-hydrogen) atoms. The van der Waals surface area contributed by atoms with Crippen LogP contribution in [0, 0.1) is 5.41 Å². The minimum atomic E-state index is -1.24. The summed E-state index contributed by atoms with van der Waals surface area (Å²) in [6, 6.07) is 10.4. The number of benzene rings is 1. The van der Waals surface area contributed by atoms with Gasteiger partial charge >= 0.3 is 0 Å². The van der Waals surface area contributed by atoms with Crippen LogP contribution in [0.25, 0.3) is 11.4 Å². The molecule has 8 nitrogen and oxygen atoms in total. The maximum atomic E-state index is 12.5. The van der Waals surface area contributed by atoms with Gasteiger partial charge in [-0.15, -0.1) is 0 Å². The van der Waals surface area contributed by atoms with Crippen LogP contribution in [0.15, 0.2) is 47.2 Å². The van der Waals surface area contributed by atoms with Crippen LogP contribution in [0.3, 0.4) is 0 Å². The van der Waals surface area contributed by atoms with E-state index in [-0.39, 0.29) is 11.8 Å². The highest BCUT2D eigenvalue weighted by atomic mass is 16.5. The van der Waals surface area contributed by atoms with Gasteiger partial charge in [0.1, 0.15) is 5.60 Å². The summed E-state index contributed by atoms with van der Waals surface area (Å²) in [6.45, 7) is 11.0. The summed E-state index contributed by atoms with van der Waals surface area (Å²) in [5, 5.41) is 20.1. The normalized spacial score (nSPS) is 19.3. The molecule has 202 valence electrons. The molecule has 2 fully saturated rings. The van der Waals surface area contributed by atoms with Gasteiger partial charge in [-0.3, -0.25) is 9.78 Å². The van der Waals surface area contributed by atoms with Crippen molar-refractivity contribution in [2.45, 2.75) is 70.8 Å². The highest BCUT2D eigenvalue weighted by Gasteiger charge is 2.53. The number of nitrogens with zero attached hydrogens (tertiary/aromatic N) is 4. The van der Waals surface area contributed by atoms with Crippen molar-refractivity contribution >= 4 is 5.91 Å². The second-order valence-corrected chi connectivity index (χ2v) is 11.2. The molecule has 0 saturated carbocycles. The summed E-state index contributed by atoms with van der Waals surface area (Å²) in [7, 11) is 0. The molecule has 0 spiro atoms. The fraction of sp³-hybridized carbons (Fsp3) is 0.533. The second-order valence-electron chi connectivity index (χ2n) is 11.2. The number of carbonyl (C=O) groups is 1. The Bertz CT molecular complexity index is 1260. The number of aromatic nitrogens is 3. The first-order chi connectivity index (χ1) is 18.3. The molecule has 1 amide bonds. The first-order valence-electron chi connectivity index (χ1n) is 13.9. The SMILES string of the molecule is CCC(CC)c1ccc(C(O)(c2cncc(-c3noc(C4CCN(C(C)=O)CC4)n3)c2)C2(C)CNC2)cc1. The Morgan fingerprint density at radius 2 is 1.84 bits per heavy atom. The molecule has 2 saturated heterocycles. The maximum Gasteiger partial charge on any atom is 0.230 e. The zero-order valence-corrected chi connectivity index (χ0v) is 22.9. The van der Waals surface area contributed by atoms with Gasteiger partial charge in [0.15, 0.2) is 0 Å². The van der Waals surface area contributed by atoms with E-state index in [0.29, 0.717) is 49.4 Å². The first kappa shape index (κ1) is 26.5. The molecule has 3 aromatic rings. The number of amides is 1. The molecule has 2 N–H and O–H groups in total. The van der Waals surface area contributed by atoms with E-state index in [9.17, 15) is 9.90 Å². The van der Waals surface area contributed by atoms with E-state index in [2.05, 4.69) is 60.5 Å². The number of pyridine rings is 1. The summed E-state index contributed by atoms with van der Waals surface area (Å²) >= 11 is 0. The van der Waals surface area contributed by atoms with Crippen molar-refractivity contribution in [2.75, 3.05) is 26.2 Å². The molecular weight excluding hydrogens is 478 g/mol. The van der Waals surface area contributed by atoms with Crippen LogP contribution >= 0.6 is 0 Å². The van der Waals surface area contributed by atoms with E-state index in [1.165, 1.54) is 5.56 Å². The smallest absolute Gasteiger partial charge is 0.230 e. The molecule has 0 aliphatic carbocycles. The molecule has 2 aromatic heterocycles. The van der Waals surface area contributed by atoms with Gasteiger partial charge in [0.05, 0.1) is 0 Å². The lowest BCUT2D eigenvalue weighted by atomic mass is 9.62. The number of hydrogen-bond donors (Lipinski definition) is 2. The average molecular weight is 518 g/mol. The molecule has 0 radical (unpaired) electrons. The zero-order valence-electron chi connectivity index (χ0n) is 22.9. The molecule has 1 atom stereocenters. The number of aliphatic hydroxyl groups is 1. The predicted octanol–water partition coefficient (Wildman–Crippen LogP) is 4.61. The zero-order chi connectivity index (χ0) is 26.9. The molecule has 8 heteroatoms. The molecule has 2 aliphatic rings. The topological polar surface area (TPSA) is 104 Å². The highest BCUT2D eigenvalue weighted by Crippen LogP contribution is 2.48. The Labute approximate surface area is 224 Å². The number of hydrogen-bond acceptors (Lipinski definition) is 7. The van der Waals surface area contributed by atoms with Crippen LogP contribution in [0.1, 0.15) is 87.8 Å². The van der Waals surface area contributed by atoms with Crippen molar-refractivity contribution in [3.05, 3.63) is 65.3 Å². The second kappa shape index (κ2) is 10.6. The minimum Gasteiger partial charge on any atom is -0.380 e. The third kappa shape index (κ3) is 4.64. The number of likely N-dealkylation sites (tertiary alicyclic amines) is 1. The number of rotatable bonds is 8. The molecule has 0 bridgehead atoms. The Hall–Kier alpha value is -3.10. The number of nitrogens with one attached hydrogen (secondary N) is 1. The standard InChI is InChI=1S/C30H39N5O3/c1-5-21(6-2)22-7-9-25(10-8-22)30(37,29(4)18-32-19-29)26-15-24(16-31-17-26)27-33-28(38-34-27)23-11-13-35(14-12-23)20(3)36/h7-10,15-17,21,23,32,37H,5-6,11-14,18-19H2,1-4H3.